The van der Waals surface area contributed by atoms with E-state index in [0.717, 1.165) is 18.4 Å². The van der Waals surface area contributed by atoms with Crippen molar-refractivity contribution in [1.82, 2.24) is 0 Å². The third-order valence-electron chi connectivity index (χ3n) is 4.33. The summed E-state index contributed by atoms with van der Waals surface area (Å²) in [7, 11) is 0. The van der Waals surface area contributed by atoms with Crippen LogP contribution in [0.4, 0.5) is 0 Å². The first kappa shape index (κ1) is 12.4. The molecule has 19 heavy (non-hydrogen) atoms. The Morgan fingerprint density at radius 1 is 1.11 bits per heavy atom. The van der Waals surface area contributed by atoms with E-state index in [-0.39, 0.29) is 5.92 Å². The van der Waals surface area contributed by atoms with Crippen LogP contribution < -0.4 is 0 Å². The van der Waals surface area contributed by atoms with Crippen LogP contribution in [-0.2, 0) is 9.47 Å². The minimum Gasteiger partial charge on any atom is -0.347 e. The number of allylic oxidation sites excluding steroid dienone is 3. The molecular weight excluding hydrogens is 240 g/mol. The molecule has 2 aliphatic carbocycles. The van der Waals surface area contributed by atoms with Gasteiger partial charge in [-0.05, 0) is 17.9 Å². The van der Waals surface area contributed by atoms with Crippen LogP contribution in [0.5, 0.6) is 0 Å². The van der Waals surface area contributed by atoms with Crippen molar-refractivity contribution in [2.24, 2.45) is 11.3 Å². The van der Waals surface area contributed by atoms with Gasteiger partial charge in [0.2, 0.25) is 0 Å². The van der Waals surface area contributed by atoms with Crippen molar-refractivity contribution in [1.29, 1.82) is 10.5 Å². The van der Waals surface area contributed by atoms with E-state index in [1.54, 1.807) is 0 Å². The number of ether oxygens (including phenoxy) is 2. The topological polar surface area (TPSA) is 66.0 Å². The van der Waals surface area contributed by atoms with Crippen LogP contribution >= 0.6 is 0 Å². The Kier molecular flexibility index (Phi) is 2.93. The molecule has 0 radical (unpaired) electrons. The maximum atomic E-state index is 9.45. The van der Waals surface area contributed by atoms with Crippen molar-refractivity contribution < 1.29 is 9.47 Å². The lowest BCUT2D eigenvalue weighted by molar-refractivity contribution is -0.169. The lowest BCUT2D eigenvalue weighted by Crippen LogP contribution is -2.38. The van der Waals surface area contributed by atoms with Crippen molar-refractivity contribution in [3.05, 3.63) is 23.8 Å². The van der Waals surface area contributed by atoms with E-state index in [4.69, 9.17) is 9.47 Å². The SMILES string of the molecule is N#CC1(C#N)CC=CCC2CC3(CC=C21)OCCO3. The third kappa shape index (κ3) is 1.89. The molecule has 0 bridgehead atoms. The van der Waals surface area contributed by atoms with Gasteiger partial charge in [-0.1, -0.05) is 18.2 Å². The predicted octanol–water partition coefficient (Wildman–Crippen LogP) is 2.45. The second kappa shape index (κ2) is 4.49. The molecule has 1 saturated heterocycles. The number of hydrogen-bond donors (Lipinski definition) is 0. The molecule has 0 amide bonds. The zero-order chi connectivity index (χ0) is 13.3. The highest BCUT2D eigenvalue weighted by atomic mass is 16.7. The molecule has 4 heteroatoms. The maximum Gasteiger partial charge on any atom is 0.172 e. The molecule has 3 rings (SSSR count). The first-order chi connectivity index (χ1) is 9.24. The zero-order valence-corrected chi connectivity index (χ0v) is 10.8. The number of nitrogens with zero attached hydrogens (tertiary/aromatic N) is 2. The van der Waals surface area contributed by atoms with E-state index in [2.05, 4.69) is 18.2 Å². The highest BCUT2D eigenvalue weighted by molar-refractivity contribution is 5.39. The van der Waals surface area contributed by atoms with Crippen LogP contribution in [0.1, 0.15) is 25.7 Å². The highest BCUT2D eigenvalue weighted by Crippen LogP contribution is 2.48. The Hall–Kier alpha value is -1.62. The Morgan fingerprint density at radius 2 is 1.84 bits per heavy atom. The van der Waals surface area contributed by atoms with E-state index in [1.165, 1.54) is 0 Å². The summed E-state index contributed by atoms with van der Waals surface area (Å²) in [5.41, 5.74) is -0.0371. The van der Waals surface area contributed by atoms with Crippen LogP contribution in [-0.4, -0.2) is 19.0 Å². The predicted molar refractivity (Wildman–Crippen MR) is 67.5 cm³/mol. The molecule has 0 aromatic heterocycles. The standard InChI is InChI=1S/C15H16N2O2/c16-10-14(11-17)5-2-1-3-12-9-15(6-4-13(12)14)18-7-8-19-15/h1-2,4,12H,3,5-9H2. The Bertz CT molecular complexity index is 501. The van der Waals surface area contributed by atoms with Gasteiger partial charge in [0.15, 0.2) is 11.2 Å². The van der Waals surface area contributed by atoms with E-state index < -0.39 is 11.2 Å². The molecular formula is C15H16N2O2. The van der Waals surface area contributed by atoms with Crippen LogP contribution in [0.25, 0.3) is 0 Å². The summed E-state index contributed by atoms with van der Waals surface area (Å²) in [4.78, 5) is 0. The van der Waals surface area contributed by atoms with Crippen LogP contribution in [0.15, 0.2) is 23.8 Å². The molecule has 0 saturated carbocycles. The van der Waals surface area contributed by atoms with Crippen molar-refractivity contribution in [3.8, 4) is 12.1 Å². The Labute approximate surface area is 112 Å². The number of nitriles is 2. The van der Waals surface area contributed by atoms with Crippen molar-refractivity contribution in [2.75, 3.05) is 13.2 Å². The molecule has 0 N–H and O–H groups in total. The molecule has 0 aromatic rings. The summed E-state index contributed by atoms with van der Waals surface area (Å²) in [6, 6.07) is 4.45. The fourth-order valence-corrected chi connectivity index (χ4v) is 3.35. The average Bonchev–Trinajstić information content (AvgIpc) is 2.80. The second-order valence-corrected chi connectivity index (χ2v) is 5.41. The Morgan fingerprint density at radius 3 is 2.53 bits per heavy atom. The van der Waals surface area contributed by atoms with Crippen molar-refractivity contribution in [3.63, 3.8) is 0 Å². The van der Waals surface area contributed by atoms with Gasteiger partial charge in [-0.2, -0.15) is 10.5 Å². The average molecular weight is 256 g/mol. The molecule has 1 spiro atoms. The molecule has 1 heterocycles. The van der Waals surface area contributed by atoms with Gasteiger partial charge in [-0.15, -0.1) is 0 Å². The molecule has 1 fully saturated rings. The van der Waals surface area contributed by atoms with Gasteiger partial charge < -0.3 is 9.47 Å². The monoisotopic (exact) mass is 256 g/mol. The third-order valence-corrected chi connectivity index (χ3v) is 4.33. The quantitative estimate of drug-likeness (QED) is 0.624. The number of rotatable bonds is 0. The van der Waals surface area contributed by atoms with Crippen LogP contribution in [0.3, 0.4) is 0 Å². The summed E-state index contributed by atoms with van der Waals surface area (Å²) in [5, 5.41) is 18.9. The van der Waals surface area contributed by atoms with Gasteiger partial charge in [0.25, 0.3) is 0 Å². The van der Waals surface area contributed by atoms with Gasteiger partial charge in [-0.25, -0.2) is 0 Å². The highest BCUT2D eigenvalue weighted by Gasteiger charge is 2.47. The summed E-state index contributed by atoms with van der Waals surface area (Å²) in [6.07, 6.45) is 8.76. The first-order valence-corrected chi connectivity index (χ1v) is 6.70. The van der Waals surface area contributed by atoms with E-state index in [0.29, 0.717) is 26.1 Å². The number of fused-ring (bicyclic) bond motifs is 1. The van der Waals surface area contributed by atoms with Gasteiger partial charge in [0, 0.05) is 19.3 Å². The van der Waals surface area contributed by atoms with Gasteiger partial charge in [-0.3, -0.25) is 0 Å². The molecule has 3 aliphatic rings. The zero-order valence-electron chi connectivity index (χ0n) is 10.8. The first-order valence-electron chi connectivity index (χ1n) is 6.70. The van der Waals surface area contributed by atoms with E-state index >= 15 is 0 Å². The van der Waals surface area contributed by atoms with Crippen LogP contribution in [0, 0.1) is 34.0 Å². The molecule has 0 aromatic carbocycles. The summed E-state index contributed by atoms with van der Waals surface area (Å²) < 4.78 is 11.5. The van der Waals surface area contributed by atoms with Crippen molar-refractivity contribution in [2.45, 2.75) is 31.5 Å². The number of hydrogen-bond acceptors (Lipinski definition) is 4. The normalized spacial score (nSPS) is 30.8. The molecule has 4 nitrogen and oxygen atoms in total. The maximum absolute atomic E-state index is 9.45. The minimum absolute atomic E-state index is 0.171. The van der Waals surface area contributed by atoms with Gasteiger partial charge in [0.1, 0.15) is 0 Å². The van der Waals surface area contributed by atoms with E-state index in [9.17, 15) is 10.5 Å². The fourth-order valence-electron chi connectivity index (χ4n) is 3.35. The largest absolute Gasteiger partial charge is 0.347 e. The van der Waals surface area contributed by atoms with Crippen molar-refractivity contribution >= 4 is 0 Å². The van der Waals surface area contributed by atoms with Gasteiger partial charge in [0.05, 0.1) is 25.4 Å². The fraction of sp³-hybridized carbons (Fsp3) is 0.600. The molecule has 1 atom stereocenters. The minimum atomic E-state index is -1.00. The summed E-state index contributed by atoms with van der Waals surface area (Å²) >= 11 is 0. The lowest BCUT2D eigenvalue weighted by Gasteiger charge is -2.38. The summed E-state index contributed by atoms with van der Waals surface area (Å²) in [6.45, 7) is 1.26. The second-order valence-electron chi connectivity index (χ2n) is 5.41. The Balaban J connectivity index is 1.98. The molecule has 1 unspecified atom stereocenters. The lowest BCUT2D eigenvalue weighted by atomic mass is 9.69. The molecule has 1 aliphatic heterocycles. The van der Waals surface area contributed by atoms with E-state index in [1.807, 2.05) is 12.2 Å². The molecule has 98 valence electrons. The smallest absolute Gasteiger partial charge is 0.172 e. The van der Waals surface area contributed by atoms with Gasteiger partial charge >= 0.3 is 0 Å². The summed E-state index contributed by atoms with van der Waals surface area (Å²) in [5.74, 6) is -0.340. The van der Waals surface area contributed by atoms with Crippen LogP contribution in [0.2, 0.25) is 0 Å².